The maximum absolute atomic E-state index is 9.76. The molecule has 2 heterocycles. The standard InChI is InChI=1S/C18H25N3/c19-16-18(21-11-5-2-6-12-21)9-13-20(14-10-18)15-17-7-3-1-4-8-17/h1,3-4,7-8H,2,5-6,9-15H2. The lowest BCUT2D eigenvalue weighted by molar-refractivity contribution is 0.0443. The Morgan fingerprint density at radius 1 is 0.952 bits per heavy atom. The first kappa shape index (κ1) is 14.6. The highest BCUT2D eigenvalue weighted by molar-refractivity contribution is 5.16. The van der Waals surface area contributed by atoms with Gasteiger partial charge in [-0.2, -0.15) is 5.26 Å². The molecule has 2 aliphatic rings. The quantitative estimate of drug-likeness (QED) is 0.854. The average Bonchev–Trinajstić information content (AvgIpc) is 2.58. The summed E-state index contributed by atoms with van der Waals surface area (Å²) >= 11 is 0. The lowest BCUT2D eigenvalue weighted by Gasteiger charge is -2.46. The van der Waals surface area contributed by atoms with Gasteiger partial charge in [0.2, 0.25) is 0 Å². The van der Waals surface area contributed by atoms with Crippen molar-refractivity contribution >= 4 is 0 Å². The van der Waals surface area contributed by atoms with E-state index in [2.05, 4.69) is 46.2 Å². The third-order valence-electron chi connectivity index (χ3n) is 5.10. The second-order valence-electron chi connectivity index (χ2n) is 6.45. The van der Waals surface area contributed by atoms with Crippen LogP contribution in [0.3, 0.4) is 0 Å². The minimum absolute atomic E-state index is 0.187. The van der Waals surface area contributed by atoms with Crippen molar-refractivity contribution in [2.45, 2.75) is 44.2 Å². The Kier molecular flexibility index (Phi) is 4.57. The van der Waals surface area contributed by atoms with Gasteiger partial charge in [0.05, 0.1) is 6.07 Å². The molecule has 0 aliphatic carbocycles. The molecule has 0 amide bonds. The summed E-state index contributed by atoms with van der Waals surface area (Å²) in [5.41, 5.74) is 1.19. The van der Waals surface area contributed by atoms with Crippen LogP contribution in [0.5, 0.6) is 0 Å². The third kappa shape index (κ3) is 3.28. The van der Waals surface area contributed by atoms with Crippen molar-refractivity contribution in [3.8, 4) is 6.07 Å². The summed E-state index contributed by atoms with van der Waals surface area (Å²) in [5.74, 6) is 0. The Hall–Kier alpha value is -1.37. The van der Waals surface area contributed by atoms with E-state index in [1.54, 1.807) is 0 Å². The van der Waals surface area contributed by atoms with Crippen molar-refractivity contribution in [3.63, 3.8) is 0 Å². The fourth-order valence-corrected chi connectivity index (χ4v) is 3.74. The van der Waals surface area contributed by atoms with Gasteiger partial charge >= 0.3 is 0 Å². The van der Waals surface area contributed by atoms with Gasteiger partial charge in [-0.25, -0.2) is 0 Å². The fourth-order valence-electron chi connectivity index (χ4n) is 3.74. The number of hydrogen-bond donors (Lipinski definition) is 0. The molecule has 0 N–H and O–H groups in total. The van der Waals surface area contributed by atoms with Crippen LogP contribution < -0.4 is 0 Å². The molecule has 0 bridgehead atoms. The zero-order chi connectivity index (χ0) is 14.5. The summed E-state index contributed by atoms with van der Waals surface area (Å²) in [4.78, 5) is 4.96. The highest BCUT2D eigenvalue weighted by atomic mass is 15.2. The molecule has 0 saturated carbocycles. The first-order chi connectivity index (χ1) is 10.3. The van der Waals surface area contributed by atoms with E-state index in [1.807, 2.05) is 0 Å². The number of nitrogens with zero attached hydrogens (tertiary/aromatic N) is 3. The Morgan fingerprint density at radius 3 is 2.24 bits per heavy atom. The van der Waals surface area contributed by atoms with E-state index in [0.29, 0.717) is 0 Å². The average molecular weight is 283 g/mol. The first-order valence-corrected chi connectivity index (χ1v) is 8.25. The molecule has 21 heavy (non-hydrogen) atoms. The molecule has 3 heteroatoms. The number of rotatable bonds is 3. The summed E-state index contributed by atoms with van der Waals surface area (Å²) in [6.45, 7) is 5.33. The molecule has 0 atom stereocenters. The first-order valence-electron chi connectivity index (χ1n) is 8.25. The number of hydrogen-bond acceptors (Lipinski definition) is 3. The van der Waals surface area contributed by atoms with E-state index >= 15 is 0 Å². The largest absolute Gasteiger partial charge is 0.299 e. The van der Waals surface area contributed by atoms with Crippen molar-refractivity contribution in [2.24, 2.45) is 0 Å². The molecule has 1 aromatic carbocycles. The predicted octanol–water partition coefficient (Wildman–Crippen LogP) is 3.03. The molecular weight excluding hydrogens is 258 g/mol. The van der Waals surface area contributed by atoms with E-state index in [-0.39, 0.29) is 5.54 Å². The highest BCUT2D eigenvalue weighted by Crippen LogP contribution is 2.31. The minimum Gasteiger partial charge on any atom is -0.299 e. The van der Waals surface area contributed by atoms with Crippen molar-refractivity contribution < 1.29 is 0 Å². The van der Waals surface area contributed by atoms with Gasteiger partial charge in [-0.15, -0.1) is 0 Å². The monoisotopic (exact) mass is 283 g/mol. The van der Waals surface area contributed by atoms with Crippen molar-refractivity contribution in [2.75, 3.05) is 26.2 Å². The molecule has 0 spiro atoms. The number of nitriles is 1. The number of benzene rings is 1. The molecule has 0 aromatic heterocycles. The van der Waals surface area contributed by atoms with Gasteiger partial charge in [-0.05, 0) is 44.3 Å². The maximum Gasteiger partial charge on any atom is 0.111 e. The van der Waals surface area contributed by atoms with Crippen molar-refractivity contribution in [1.82, 2.24) is 9.80 Å². The van der Waals surface area contributed by atoms with E-state index < -0.39 is 0 Å². The summed E-state index contributed by atoms with van der Waals surface area (Å²) < 4.78 is 0. The topological polar surface area (TPSA) is 30.3 Å². The Morgan fingerprint density at radius 2 is 1.62 bits per heavy atom. The van der Waals surface area contributed by atoms with E-state index in [1.165, 1.54) is 24.8 Å². The molecule has 3 nitrogen and oxygen atoms in total. The van der Waals surface area contributed by atoms with Gasteiger partial charge in [0, 0.05) is 19.6 Å². The second kappa shape index (κ2) is 6.60. The molecule has 112 valence electrons. The summed E-state index contributed by atoms with van der Waals surface area (Å²) in [6, 6.07) is 13.3. The van der Waals surface area contributed by atoms with Gasteiger partial charge in [0.15, 0.2) is 0 Å². The van der Waals surface area contributed by atoms with Crippen LogP contribution in [-0.2, 0) is 6.54 Å². The Balaban J connectivity index is 1.59. The molecular formula is C18H25N3. The Labute approximate surface area is 128 Å². The van der Waals surface area contributed by atoms with Gasteiger partial charge in [-0.1, -0.05) is 36.8 Å². The normalized spacial score (nSPS) is 23.6. The zero-order valence-electron chi connectivity index (χ0n) is 12.8. The third-order valence-corrected chi connectivity index (χ3v) is 5.10. The van der Waals surface area contributed by atoms with Crippen LogP contribution in [0.2, 0.25) is 0 Å². The van der Waals surface area contributed by atoms with Gasteiger partial charge in [0.25, 0.3) is 0 Å². The Bertz CT molecular complexity index is 477. The number of likely N-dealkylation sites (tertiary alicyclic amines) is 2. The van der Waals surface area contributed by atoms with E-state index in [4.69, 9.17) is 0 Å². The van der Waals surface area contributed by atoms with Gasteiger partial charge < -0.3 is 0 Å². The molecule has 2 saturated heterocycles. The van der Waals surface area contributed by atoms with Crippen LogP contribution in [0, 0.1) is 11.3 Å². The van der Waals surface area contributed by atoms with Gasteiger partial charge in [0.1, 0.15) is 5.54 Å². The minimum atomic E-state index is -0.187. The van der Waals surface area contributed by atoms with Crippen LogP contribution in [-0.4, -0.2) is 41.5 Å². The van der Waals surface area contributed by atoms with Crippen molar-refractivity contribution in [3.05, 3.63) is 35.9 Å². The second-order valence-corrected chi connectivity index (χ2v) is 6.45. The van der Waals surface area contributed by atoms with E-state index in [9.17, 15) is 5.26 Å². The van der Waals surface area contributed by atoms with Crippen LogP contribution >= 0.6 is 0 Å². The zero-order valence-corrected chi connectivity index (χ0v) is 12.8. The maximum atomic E-state index is 9.76. The lowest BCUT2D eigenvalue weighted by atomic mass is 9.85. The van der Waals surface area contributed by atoms with E-state index in [0.717, 1.165) is 45.6 Å². The molecule has 0 unspecified atom stereocenters. The molecule has 3 rings (SSSR count). The van der Waals surface area contributed by atoms with Crippen LogP contribution in [0.15, 0.2) is 30.3 Å². The molecule has 1 aromatic rings. The van der Waals surface area contributed by atoms with Crippen LogP contribution in [0.1, 0.15) is 37.7 Å². The highest BCUT2D eigenvalue weighted by Gasteiger charge is 2.40. The lowest BCUT2D eigenvalue weighted by Crippen LogP contribution is -2.55. The molecule has 2 aliphatic heterocycles. The van der Waals surface area contributed by atoms with Crippen LogP contribution in [0.4, 0.5) is 0 Å². The smallest absolute Gasteiger partial charge is 0.111 e. The molecule has 0 radical (unpaired) electrons. The number of piperidine rings is 2. The van der Waals surface area contributed by atoms with Crippen molar-refractivity contribution in [1.29, 1.82) is 5.26 Å². The fraction of sp³-hybridized carbons (Fsp3) is 0.611. The summed E-state index contributed by atoms with van der Waals surface area (Å²) in [7, 11) is 0. The SMILES string of the molecule is N#CC1(N2CCCCC2)CCN(Cc2ccccc2)CC1. The van der Waals surface area contributed by atoms with Gasteiger partial charge in [-0.3, -0.25) is 9.80 Å². The molecule has 2 fully saturated rings. The predicted molar refractivity (Wildman–Crippen MR) is 84.7 cm³/mol. The van der Waals surface area contributed by atoms with Crippen LogP contribution in [0.25, 0.3) is 0 Å². The summed E-state index contributed by atoms with van der Waals surface area (Å²) in [6.07, 6.45) is 5.85. The summed E-state index contributed by atoms with van der Waals surface area (Å²) in [5, 5.41) is 9.76.